The summed E-state index contributed by atoms with van der Waals surface area (Å²) in [6.07, 6.45) is 0. The summed E-state index contributed by atoms with van der Waals surface area (Å²) >= 11 is 11.9. The number of fused-ring (bicyclic) bond motifs is 1. The molecule has 2 aromatic carbocycles. The fourth-order valence-electron chi connectivity index (χ4n) is 2.48. The van der Waals surface area contributed by atoms with Gasteiger partial charge in [0.25, 0.3) is 0 Å². The second-order valence-electron chi connectivity index (χ2n) is 5.37. The summed E-state index contributed by atoms with van der Waals surface area (Å²) in [7, 11) is 0. The zero-order valence-electron chi connectivity index (χ0n) is 12.4. The van der Waals surface area contributed by atoms with E-state index in [2.05, 4.69) is 23.4 Å². The van der Waals surface area contributed by atoms with Gasteiger partial charge in [-0.3, -0.25) is 0 Å². The first-order valence-electron chi connectivity index (χ1n) is 7.09. The van der Waals surface area contributed by atoms with Crippen LogP contribution < -0.4 is 4.74 Å². The van der Waals surface area contributed by atoms with Crippen LogP contribution in [0.3, 0.4) is 0 Å². The Kier molecular flexibility index (Phi) is 4.27. The van der Waals surface area contributed by atoms with Crippen LogP contribution in [0, 0.1) is 0 Å². The van der Waals surface area contributed by atoms with E-state index in [4.69, 9.17) is 27.9 Å². The van der Waals surface area contributed by atoms with Crippen LogP contribution in [0.5, 0.6) is 5.75 Å². The van der Waals surface area contributed by atoms with Crippen LogP contribution in [0.1, 0.15) is 25.7 Å². The SMILES string of the molecule is CC(C)n1c(COc2ccc(Cl)cc2)nc2cc(Cl)ccc21. The Morgan fingerprint density at radius 3 is 2.41 bits per heavy atom. The summed E-state index contributed by atoms with van der Waals surface area (Å²) in [5.74, 6) is 1.65. The van der Waals surface area contributed by atoms with Gasteiger partial charge < -0.3 is 9.30 Å². The minimum atomic E-state index is 0.287. The standard InChI is InChI=1S/C17H16Cl2N2O/c1-11(2)21-16-8-5-13(19)9-15(16)20-17(21)10-22-14-6-3-12(18)4-7-14/h3-9,11H,10H2,1-2H3. The minimum Gasteiger partial charge on any atom is -0.486 e. The molecule has 0 radical (unpaired) electrons. The van der Waals surface area contributed by atoms with Crippen molar-refractivity contribution in [1.82, 2.24) is 9.55 Å². The van der Waals surface area contributed by atoms with Crippen LogP contribution in [0.4, 0.5) is 0 Å². The third kappa shape index (κ3) is 3.06. The molecular weight excluding hydrogens is 319 g/mol. The van der Waals surface area contributed by atoms with Crippen LogP contribution in [0.25, 0.3) is 11.0 Å². The van der Waals surface area contributed by atoms with Gasteiger partial charge in [0, 0.05) is 16.1 Å². The zero-order valence-corrected chi connectivity index (χ0v) is 13.9. The van der Waals surface area contributed by atoms with Crippen molar-refractivity contribution >= 4 is 34.2 Å². The third-order valence-corrected chi connectivity index (χ3v) is 3.91. The van der Waals surface area contributed by atoms with Crippen LogP contribution in [0.15, 0.2) is 42.5 Å². The molecule has 0 aliphatic carbocycles. The Morgan fingerprint density at radius 2 is 1.73 bits per heavy atom. The van der Waals surface area contributed by atoms with Gasteiger partial charge in [-0.05, 0) is 56.3 Å². The van der Waals surface area contributed by atoms with Gasteiger partial charge in [-0.2, -0.15) is 0 Å². The largest absolute Gasteiger partial charge is 0.486 e. The van der Waals surface area contributed by atoms with Crippen molar-refractivity contribution in [3.05, 3.63) is 58.3 Å². The number of halogens is 2. The molecule has 0 atom stereocenters. The molecule has 0 spiro atoms. The topological polar surface area (TPSA) is 27.1 Å². The molecule has 3 nitrogen and oxygen atoms in total. The summed E-state index contributed by atoms with van der Waals surface area (Å²) in [5, 5.41) is 1.38. The molecule has 0 aliphatic heterocycles. The first kappa shape index (κ1) is 15.2. The lowest BCUT2D eigenvalue weighted by Crippen LogP contribution is -2.09. The van der Waals surface area contributed by atoms with E-state index in [1.165, 1.54) is 0 Å². The summed E-state index contributed by atoms with van der Waals surface area (Å²) in [4.78, 5) is 4.65. The second kappa shape index (κ2) is 6.19. The minimum absolute atomic E-state index is 0.287. The predicted molar refractivity (Wildman–Crippen MR) is 90.9 cm³/mol. The number of rotatable bonds is 4. The number of hydrogen-bond donors (Lipinski definition) is 0. The van der Waals surface area contributed by atoms with Crippen molar-refractivity contribution < 1.29 is 4.74 Å². The normalized spacial score (nSPS) is 11.3. The van der Waals surface area contributed by atoms with Crippen molar-refractivity contribution in [1.29, 1.82) is 0 Å². The van der Waals surface area contributed by atoms with Gasteiger partial charge in [0.05, 0.1) is 11.0 Å². The molecule has 3 aromatic rings. The summed E-state index contributed by atoms with van der Waals surface area (Å²) in [6, 6.07) is 13.4. The van der Waals surface area contributed by atoms with Crippen LogP contribution in [-0.2, 0) is 6.61 Å². The molecule has 1 aromatic heterocycles. The quantitative estimate of drug-likeness (QED) is 0.629. The van der Waals surface area contributed by atoms with Crippen LogP contribution in [-0.4, -0.2) is 9.55 Å². The number of ether oxygens (including phenoxy) is 1. The lowest BCUT2D eigenvalue weighted by molar-refractivity contribution is 0.287. The summed E-state index contributed by atoms with van der Waals surface area (Å²) in [6.45, 7) is 4.65. The molecule has 0 saturated heterocycles. The number of nitrogens with zero attached hydrogens (tertiary/aromatic N) is 2. The molecule has 0 unspecified atom stereocenters. The molecule has 0 amide bonds. The highest BCUT2D eigenvalue weighted by molar-refractivity contribution is 6.31. The molecule has 3 rings (SSSR count). The number of aromatic nitrogens is 2. The Morgan fingerprint density at radius 1 is 1.05 bits per heavy atom. The molecule has 0 saturated carbocycles. The monoisotopic (exact) mass is 334 g/mol. The summed E-state index contributed by atoms with van der Waals surface area (Å²) in [5.41, 5.74) is 1.95. The molecule has 0 fully saturated rings. The zero-order chi connectivity index (χ0) is 15.7. The smallest absolute Gasteiger partial charge is 0.148 e. The van der Waals surface area contributed by atoms with E-state index in [0.29, 0.717) is 16.7 Å². The van der Waals surface area contributed by atoms with Crippen molar-refractivity contribution in [3.63, 3.8) is 0 Å². The first-order valence-corrected chi connectivity index (χ1v) is 7.85. The van der Waals surface area contributed by atoms with E-state index in [9.17, 15) is 0 Å². The molecule has 114 valence electrons. The number of benzene rings is 2. The van der Waals surface area contributed by atoms with Crippen molar-refractivity contribution in [2.45, 2.75) is 26.5 Å². The van der Waals surface area contributed by atoms with E-state index in [1.807, 2.05) is 42.5 Å². The van der Waals surface area contributed by atoms with E-state index in [-0.39, 0.29) is 6.04 Å². The third-order valence-electron chi connectivity index (χ3n) is 3.42. The molecular formula is C17H16Cl2N2O. The maximum absolute atomic E-state index is 6.05. The molecule has 22 heavy (non-hydrogen) atoms. The predicted octanol–water partition coefficient (Wildman–Crippen LogP) is 5.50. The maximum atomic E-state index is 6.05. The Labute approximate surface area is 139 Å². The molecule has 0 aliphatic rings. The van der Waals surface area contributed by atoms with E-state index < -0.39 is 0 Å². The average molecular weight is 335 g/mol. The van der Waals surface area contributed by atoms with Crippen molar-refractivity contribution in [3.8, 4) is 5.75 Å². The summed E-state index contributed by atoms with van der Waals surface area (Å²) < 4.78 is 7.99. The second-order valence-corrected chi connectivity index (χ2v) is 6.24. The van der Waals surface area contributed by atoms with Gasteiger partial charge in [0.15, 0.2) is 0 Å². The van der Waals surface area contributed by atoms with E-state index in [1.54, 1.807) is 0 Å². The Balaban J connectivity index is 1.92. The van der Waals surface area contributed by atoms with Gasteiger partial charge in [-0.25, -0.2) is 4.98 Å². The fourth-order valence-corrected chi connectivity index (χ4v) is 2.77. The average Bonchev–Trinajstić information content (AvgIpc) is 2.84. The van der Waals surface area contributed by atoms with Gasteiger partial charge in [0.2, 0.25) is 0 Å². The molecule has 0 N–H and O–H groups in total. The van der Waals surface area contributed by atoms with Gasteiger partial charge in [-0.1, -0.05) is 23.2 Å². The lowest BCUT2D eigenvalue weighted by Gasteiger charge is -2.13. The Bertz CT molecular complexity index is 794. The lowest BCUT2D eigenvalue weighted by atomic mass is 10.3. The van der Waals surface area contributed by atoms with Gasteiger partial charge >= 0.3 is 0 Å². The molecule has 1 heterocycles. The highest BCUT2D eigenvalue weighted by Gasteiger charge is 2.14. The van der Waals surface area contributed by atoms with E-state index >= 15 is 0 Å². The van der Waals surface area contributed by atoms with Gasteiger partial charge in [0.1, 0.15) is 18.2 Å². The van der Waals surface area contributed by atoms with Crippen LogP contribution in [0.2, 0.25) is 10.0 Å². The number of imidazole rings is 1. The number of hydrogen-bond acceptors (Lipinski definition) is 2. The highest BCUT2D eigenvalue weighted by Crippen LogP contribution is 2.25. The Hall–Kier alpha value is -1.71. The van der Waals surface area contributed by atoms with Crippen LogP contribution >= 0.6 is 23.2 Å². The van der Waals surface area contributed by atoms with Crippen molar-refractivity contribution in [2.24, 2.45) is 0 Å². The van der Waals surface area contributed by atoms with E-state index in [0.717, 1.165) is 22.6 Å². The maximum Gasteiger partial charge on any atom is 0.148 e. The molecule has 5 heteroatoms. The van der Waals surface area contributed by atoms with Crippen molar-refractivity contribution in [2.75, 3.05) is 0 Å². The molecule has 0 bridgehead atoms. The first-order chi connectivity index (χ1) is 10.5. The fraction of sp³-hybridized carbons (Fsp3) is 0.235. The van der Waals surface area contributed by atoms with Gasteiger partial charge in [-0.15, -0.1) is 0 Å². The highest BCUT2D eigenvalue weighted by atomic mass is 35.5.